The third kappa shape index (κ3) is 3.44. The molecule has 14 heavy (non-hydrogen) atoms. The van der Waals surface area contributed by atoms with Gasteiger partial charge in [0, 0.05) is 13.1 Å². The highest BCUT2D eigenvalue weighted by Gasteiger charge is 2.02. The summed E-state index contributed by atoms with van der Waals surface area (Å²) in [5, 5.41) is 8.87. The maximum Gasteiger partial charge on any atom is 0.208 e. The van der Waals surface area contributed by atoms with Crippen molar-refractivity contribution < 1.29 is 13.5 Å². The Hall–Kier alpha value is -0.920. The number of nitrogens with zero attached hydrogens (tertiary/aromatic N) is 2. The van der Waals surface area contributed by atoms with Crippen LogP contribution >= 0.6 is 0 Å². The van der Waals surface area contributed by atoms with E-state index in [9.17, 15) is 8.42 Å². The fourth-order valence-corrected chi connectivity index (χ4v) is 1.49. The molecule has 0 aliphatic heterocycles. The average molecular weight is 219 g/mol. The van der Waals surface area contributed by atoms with Crippen LogP contribution in [0.5, 0.6) is 0 Å². The van der Waals surface area contributed by atoms with Gasteiger partial charge < -0.3 is 9.67 Å². The van der Waals surface area contributed by atoms with Gasteiger partial charge >= 0.3 is 0 Å². The Morgan fingerprint density at radius 1 is 1.64 bits per heavy atom. The minimum Gasteiger partial charge on any atom is -0.390 e. The molecule has 0 radical (unpaired) electrons. The molecule has 6 nitrogen and oxygen atoms in total. The molecule has 1 aromatic heterocycles. The van der Waals surface area contributed by atoms with E-state index in [1.807, 2.05) is 0 Å². The summed E-state index contributed by atoms with van der Waals surface area (Å²) in [5.74, 6) is 0. The van der Waals surface area contributed by atoms with Crippen molar-refractivity contribution in [3.05, 3.63) is 18.2 Å². The van der Waals surface area contributed by atoms with Gasteiger partial charge in [0.1, 0.15) is 0 Å². The molecule has 80 valence electrons. The Balaban J connectivity index is 2.46. The summed E-state index contributed by atoms with van der Waals surface area (Å²) in [7, 11) is -3.14. The Morgan fingerprint density at radius 3 is 2.93 bits per heavy atom. The van der Waals surface area contributed by atoms with Crippen molar-refractivity contribution in [1.82, 2.24) is 14.3 Å². The van der Waals surface area contributed by atoms with E-state index < -0.39 is 10.0 Å². The van der Waals surface area contributed by atoms with Crippen molar-refractivity contribution in [3.63, 3.8) is 0 Å². The van der Waals surface area contributed by atoms with Gasteiger partial charge in [-0.25, -0.2) is 18.1 Å². The molecule has 0 saturated heterocycles. The second kappa shape index (κ2) is 4.54. The largest absolute Gasteiger partial charge is 0.390 e. The van der Waals surface area contributed by atoms with Gasteiger partial charge in [-0.2, -0.15) is 0 Å². The number of aliphatic hydroxyl groups excluding tert-OH is 1. The molecule has 1 heterocycles. The molecule has 0 aromatic carbocycles. The molecule has 2 N–H and O–H groups in total. The van der Waals surface area contributed by atoms with E-state index in [-0.39, 0.29) is 6.61 Å². The normalized spacial score (nSPS) is 11.9. The predicted molar refractivity (Wildman–Crippen MR) is 51.0 cm³/mol. The first kappa shape index (κ1) is 11.2. The lowest BCUT2D eigenvalue weighted by Crippen LogP contribution is -2.26. The molecule has 0 aliphatic carbocycles. The van der Waals surface area contributed by atoms with E-state index >= 15 is 0 Å². The van der Waals surface area contributed by atoms with Gasteiger partial charge in [-0.3, -0.25) is 0 Å². The highest BCUT2D eigenvalue weighted by molar-refractivity contribution is 7.88. The number of nitrogens with one attached hydrogen (secondary N) is 1. The van der Waals surface area contributed by atoms with Crippen LogP contribution in [0, 0.1) is 0 Å². The summed E-state index contributed by atoms with van der Waals surface area (Å²) in [4.78, 5) is 3.83. The van der Waals surface area contributed by atoms with E-state index in [2.05, 4.69) is 9.71 Å². The summed E-state index contributed by atoms with van der Waals surface area (Å²) in [6.45, 7) is 0.657. The first-order valence-electron chi connectivity index (χ1n) is 4.07. The third-order valence-electron chi connectivity index (χ3n) is 1.68. The van der Waals surface area contributed by atoms with Gasteiger partial charge in [0.2, 0.25) is 10.0 Å². The minimum absolute atomic E-state index is 0.0983. The highest BCUT2D eigenvalue weighted by atomic mass is 32.2. The molecule has 0 amide bonds. The summed E-state index contributed by atoms with van der Waals surface area (Å²) in [6.07, 6.45) is 4.20. The van der Waals surface area contributed by atoms with Crippen LogP contribution in [-0.4, -0.2) is 35.9 Å². The zero-order chi connectivity index (χ0) is 10.6. The zero-order valence-electron chi connectivity index (χ0n) is 7.84. The van der Waals surface area contributed by atoms with E-state index in [0.717, 1.165) is 6.26 Å². The number of imidazole rings is 1. The van der Waals surface area contributed by atoms with Crippen LogP contribution in [0.15, 0.2) is 12.5 Å². The third-order valence-corrected chi connectivity index (χ3v) is 2.41. The van der Waals surface area contributed by atoms with Crippen LogP contribution in [0.2, 0.25) is 0 Å². The van der Waals surface area contributed by atoms with Crippen LogP contribution in [0.25, 0.3) is 0 Å². The van der Waals surface area contributed by atoms with Crippen molar-refractivity contribution in [1.29, 1.82) is 0 Å². The molecule has 1 aromatic rings. The lowest BCUT2D eigenvalue weighted by atomic mass is 10.5. The number of aromatic nitrogens is 2. The van der Waals surface area contributed by atoms with Crippen molar-refractivity contribution in [2.24, 2.45) is 0 Å². The molecule has 0 unspecified atom stereocenters. The van der Waals surface area contributed by atoms with Gasteiger partial charge in [-0.1, -0.05) is 0 Å². The number of aliphatic hydroxyl groups is 1. The van der Waals surface area contributed by atoms with Crippen molar-refractivity contribution >= 4 is 10.0 Å². The van der Waals surface area contributed by atoms with Gasteiger partial charge in [-0.05, 0) is 0 Å². The smallest absolute Gasteiger partial charge is 0.208 e. The van der Waals surface area contributed by atoms with Crippen molar-refractivity contribution in [2.45, 2.75) is 13.2 Å². The van der Waals surface area contributed by atoms with Gasteiger partial charge in [0.25, 0.3) is 0 Å². The Bertz CT molecular complexity index is 385. The average Bonchev–Trinajstić information content (AvgIpc) is 2.49. The monoisotopic (exact) mass is 219 g/mol. The standard InChI is InChI=1S/C7H13N3O3S/c1-14(12,13)9-2-3-10-6-8-4-7(10)5-11/h4,6,9,11H,2-3,5H2,1H3. The first-order chi connectivity index (χ1) is 6.53. The molecule has 7 heteroatoms. The summed E-state index contributed by atoms with van der Waals surface area (Å²) in [5.41, 5.74) is 0.667. The molecular weight excluding hydrogens is 206 g/mol. The van der Waals surface area contributed by atoms with Crippen LogP contribution < -0.4 is 4.72 Å². The quantitative estimate of drug-likeness (QED) is 0.660. The summed E-state index contributed by atoms with van der Waals surface area (Å²) >= 11 is 0. The molecule has 1 rings (SSSR count). The fourth-order valence-electron chi connectivity index (χ4n) is 1.03. The number of sulfonamides is 1. The van der Waals surface area contributed by atoms with Gasteiger partial charge in [0.15, 0.2) is 0 Å². The van der Waals surface area contributed by atoms with Crippen molar-refractivity contribution in [3.8, 4) is 0 Å². The van der Waals surface area contributed by atoms with Crippen LogP contribution in [0.4, 0.5) is 0 Å². The topological polar surface area (TPSA) is 84.2 Å². The van der Waals surface area contributed by atoms with E-state index in [4.69, 9.17) is 5.11 Å². The Labute approximate surface area is 82.6 Å². The molecule has 0 bridgehead atoms. The minimum atomic E-state index is -3.14. The fraction of sp³-hybridized carbons (Fsp3) is 0.571. The lowest BCUT2D eigenvalue weighted by molar-refractivity contribution is 0.270. The zero-order valence-corrected chi connectivity index (χ0v) is 8.66. The maximum absolute atomic E-state index is 10.7. The molecule has 0 aliphatic rings. The number of hydrogen-bond acceptors (Lipinski definition) is 4. The summed E-state index contributed by atoms with van der Waals surface area (Å²) < 4.78 is 25.5. The second-order valence-electron chi connectivity index (χ2n) is 2.90. The summed E-state index contributed by atoms with van der Waals surface area (Å²) in [6, 6.07) is 0. The molecule has 0 saturated carbocycles. The van der Waals surface area contributed by atoms with E-state index in [1.54, 1.807) is 17.1 Å². The molecule has 0 spiro atoms. The number of hydrogen-bond donors (Lipinski definition) is 2. The Kier molecular flexibility index (Phi) is 3.62. The van der Waals surface area contributed by atoms with Crippen LogP contribution in [-0.2, 0) is 23.2 Å². The maximum atomic E-state index is 10.7. The lowest BCUT2D eigenvalue weighted by Gasteiger charge is -2.06. The van der Waals surface area contributed by atoms with Crippen LogP contribution in [0.3, 0.4) is 0 Å². The first-order valence-corrected chi connectivity index (χ1v) is 5.96. The van der Waals surface area contributed by atoms with Crippen LogP contribution in [0.1, 0.15) is 5.69 Å². The Morgan fingerprint density at radius 2 is 2.36 bits per heavy atom. The SMILES string of the molecule is CS(=O)(=O)NCCn1cncc1CO. The van der Waals surface area contributed by atoms with E-state index in [0.29, 0.717) is 18.8 Å². The highest BCUT2D eigenvalue weighted by Crippen LogP contribution is 1.97. The van der Waals surface area contributed by atoms with Gasteiger partial charge in [0.05, 0.1) is 31.1 Å². The number of rotatable bonds is 5. The molecule has 0 atom stereocenters. The van der Waals surface area contributed by atoms with E-state index in [1.165, 1.54) is 0 Å². The molecule has 0 fully saturated rings. The molecular formula is C7H13N3O3S. The van der Waals surface area contributed by atoms with Gasteiger partial charge in [-0.15, -0.1) is 0 Å². The predicted octanol–water partition coefficient (Wildman–Crippen LogP) is -1.08. The van der Waals surface area contributed by atoms with Crippen molar-refractivity contribution in [2.75, 3.05) is 12.8 Å². The second-order valence-corrected chi connectivity index (χ2v) is 4.74.